The number of nitrogens with zero attached hydrogens (tertiary/aromatic N) is 1. The van der Waals surface area contributed by atoms with Gasteiger partial charge in [0.15, 0.2) is 0 Å². The SMILES string of the molecule is CCOC(=O)CN(CC(C)C)C(=O)[C@H](N)C(C)C. The van der Waals surface area contributed by atoms with E-state index in [0.717, 1.165) is 0 Å². The van der Waals surface area contributed by atoms with Crippen LogP contribution in [0.3, 0.4) is 0 Å². The molecule has 0 aromatic heterocycles. The minimum atomic E-state index is -0.571. The van der Waals surface area contributed by atoms with E-state index < -0.39 is 6.04 Å². The lowest BCUT2D eigenvalue weighted by Gasteiger charge is -2.27. The van der Waals surface area contributed by atoms with Gasteiger partial charge in [0.1, 0.15) is 6.54 Å². The van der Waals surface area contributed by atoms with Crippen molar-refractivity contribution in [2.75, 3.05) is 19.7 Å². The molecular weight excluding hydrogens is 232 g/mol. The van der Waals surface area contributed by atoms with Gasteiger partial charge in [-0.2, -0.15) is 0 Å². The highest BCUT2D eigenvalue weighted by molar-refractivity contribution is 5.85. The Morgan fingerprint density at radius 2 is 1.78 bits per heavy atom. The van der Waals surface area contributed by atoms with Crippen molar-refractivity contribution in [3.8, 4) is 0 Å². The zero-order valence-corrected chi connectivity index (χ0v) is 12.1. The summed E-state index contributed by atoms with van der Waals surface area (Å²) in [7, 11) is 0. The maximum Gasteiger partial charge on any atom is 0.325 e. The molecule has 0 fully saturated rings. The van der Waals surface area contributed by atoms with E-state index in [2.05, 4.69) is 0 Å². The molecule has 5 heteroatoms. The number of amides is 1. The van der Waals surface area contributed by atoms with Crippen LogP contribution in [0.2, 0.25) is 0 Å². The molecule has 0 spiro atoms. The van der Waals surface area contributed by atoms with Crippen molar-refractivity contribution >= 4 is 11.9 Å². The number of hydrogen-bond acceptors (Lipinski definition) is 4. The topological polar surface area (TPSA) is 72.6 Å². The number of rotatable bonds is 7. The van der Waals surface area contributed by atoms with Crippen molar-refractivity contribution in [3.63, 3.8) is 0 Å². The molecule has 0 bridgehead atoms. The summed E-state index contributed by atoms with van der Waals surface area (Å²) in [4.78, 5) is 25.1. The van der Waals surface area contributed by atoms with E-state index in [0.29, 0.717) is 13.2 Å². The average Bonchev–Trinajstić information content (AvgIpc) is 2.25. The van der Waals surface area contributed by atoms with Crippen LogP contribution in [0, 0.1) is 11.8 Å². The quantitative estimate of drug-likeness (QED) is 0.692. The Hall–Kier alpha value is -1.10. The molecule has 106 valence electrons. The fraction of sp³-hybridized carbons (Fsp3) is 0.846. The van der Waals surface area contributed by atoms with Crippen molar-refractivity contribution in [3.05, 3.63) is 0 Å². The molecule has 18 heavy (non-hydrogen) atoms. The first-order valence-corrected chi connectivity index (χ1v) is 6.49. The van der Waals surface area contributed by atoms with E-state index in [4.69, 9.17) is 10.5 Å². The summed E-state index contributed by atoms with van der Waals surface area (Å²) in [6.07, 6.45) is 0. The van der Waals surface area contributed by atoms with Crippen LogP contribution >= 0.6 is 0 Å². The number of esters is 1. The van der Waals surface area contributed by atoms with Crippen LogP contribution < -0.4 is 5.73 Å². The zero-order valence-electron chi connectivity index (χ0n) is 12.1. The summed E-state index contributed by atoms with van der Waals surface area (Å²) < 4.78 is 4.87. The van der Waals surface area contributed by atoms with E-state index in [1.807, 2.05) is 27.7 Å². The van der Waals surface area contributed by atoms with Gasteiger partial charge in [-0.15, -0.1) is 0 Å². The van der Waals surface area contributed by atoms with Gasteiger partial charge < -0.3 is 15.4 Å². The second-order valence-electron chi connectivity index (χ2n) is 5.19. The Morgan fingerprint density at radius 3 is 2.17 bits per heavy atom. The first-order valence-electron chi connectivity index (χ1n) is 6.49. The third-order valence-electron chi connectivity index (χ3n) is 2.53. The molecule has 0 aromatic carbocycles. The molecule has 0 aliphatic heterocycles. The van der Waals surface area contributed by atoms with E-state index in [1.54, 1.807) is 6.92 Å². The monoisotopic (exact) mass is 258 g/mol. The lowest BCUT2D eigenvalue weighted by atomic mass is 10.0. The molecule has 5 nitrogen and oxygen atoms in total. The van der Waals surface area contributed by atoms with Crippen LogP contribution in [0.15, 0.2) is 0 Å². The van der Waals surface area contributed by atoms with Crippen molar-refractivity contribution in [2.24, 2.45) is 17.6 Å². The molecular formula is C13H26N2O3. The van der Waals surface area contributed by atoms with Crippen LogP contribution in [-0.2, 0) is 14.3 Å². The molecule has 2 N–H and O–H groups in total. The molecule has 0 rings (SSSR count). The number of hydrogen-bond donors (Lipinski definition) is 1. The molecule has 0 radical (unpaired) electrons. The van der Waals surface area contributed by atoms with Gasteiger partial charge in [-0.05, 0) is 18.8 Å². The highest BCUT2D eigenvalue weighted by atomic mass is 16.5. The van der Waals surface area contributed by atoms with E-state index in [9.17, 15) is 9.59 Å². The maximum absolute atomic E-state index is 12.2. The third kappa shape index (κ3) is 6.00. The Morgan fingerprint density at radius 1 is 1.22 bits per heavy atom. The first kappa shape index (κ1) is 16.9. The van der Waals surface area contributed by atoms with Gasteiger partial charge in [-0.25, -0.2) is 0 Å². The highest BCUT2D eigenvalue weighted by Crippen LogP contribution is 2.07. The molecule has 0 heterocycles. The Balaban J connectivity index is 4.66. The smallest absolute Gasteiger partial charge is 0.325 e. The molecule has 0 aliphatic carbocycles. The second-order valence-corrected chi connectivity index (χ2v) is 5.19. The minimum absolute atomic E-state index is 0.0225. The van der Waals surface area contributed by atoms with Gasteiger partial charge in [0.25, 0.3) is 0 Å². The van der Waals surface area contributed by atoms with Crippen LogP contribution in [0.5, 0.6) is 0 Å². The number of ether oxygens (including phenoxy) is 1. The van der Waals surface area contributed by atoms with Gasteiger partial charge in [-0.3, -0.25) is 9.59 Å². The summed E-state index contributed by atoms with van der Waals surface area (Å²) in [6, 6.07) is -0.571. The van der Waals surface area contributed by atoms with E-state index >= 15 is 0 Å². The van der Waals surface area contributed by atoms with Gasteiger partial charge in [0.05, 0.1) is 12.6 Å². The molecule has 0 saturated carbocycles. The van der Waals surface area contributed by atoms with Crippen molar-refractivity contribution in [2.45, 2.75) is 40.7 Å². The van der Waals surface area contributed by atoms with Crippen LogP contribution in [0.25, 0.3) is 0 Å². The molecule has 0 aromatic rings. The Kier molecular flexibility index (Phi) is 7.59. The summed E-state index contributed by atoms with van der Waals surface area (Å²) in [5.74, 6) is -0.244. The van der Waals surface area contributed by atoms with Gasteiger partial charge >= 0.3 is 5.97 Å². The molecule has 1 atom stereocenters. The Bertz CT molecular complexity index is 277. The van der Waals surface area contributed by atoms with Crippen molar-refractivity contribution in [1.29, 1.82) is 0 Å². The summed E-state index contributed by atoms with van der Waals surface area (Å²) in [5, 5.41) is 0. The van der Waals surface area contributed by atoms with E-state index in [1.165, 1.54) is 4.90 Å². The van der Waals surface area contributed by atoms with Crippen LogP contribution in [-0.4, -0.2) is 42.5 Å². The fourth-order valence-corrected chi connectivity index (χ4v) is 1.53. The van der Waals surface area contributed by atoms with Gasteiger partial charge in [0, 0.05) is 6.54 Å². The number of nitrogens with two attached hydrogens (primary N) is 1. The number of carbonyl (C=O) groups is 2. The summed E-state index contributed by atoms with van der Waals surface area (Å²) in [6.45, 7) is 10.3. The minimum Gasteiger partial charge on any atom is -0.465 e. The van der Waals surface area contributed by atoms with Crippen molar-refractivity contribution < 1.29 is 14.3 Å². The van der Waals surface area contributed by atoms with Crippen LogP contribution in [0.4, 0.5) is 0 Å². The molecule has 0 aliphatic rings. The standard InChI is InChI=1S/C13H26N2O3/c1-6-18-11(16)8-15(7-9(2)3)13(17)12(14)10(4)5/h9-10,12H,6-8,14H2,1-5H3/t12-/m1/s1. The van der Waals surface area contributed by atoms with Crippen LogP contribution in [0.1, 0.15) is 34.6 Å². The lowest BCUT2D eigenvalue weighted by molar-refractivity contribution is -0.150. The third-order valence-corrected chi connectivity index (χ3v) is 2.53. The fourth-order valence-electron chi connectivity index (χ4n) is 1.53. The largest absolute Gasteiger partial charge is 0.465 e. The zero-order chi connectivity index (χ0) is 14.3. The predicted molar refractivity (Wildman–Crippen MR) is 70.9 cm³/mol. The predicted octanol–water partition coefficient (Wildman–Crippen LogP) is 1.02. The summed E-state index contributed by atoms with van der Waals surface area (Å²) >= 11 is 0. The molecule has 1 amide bonds. The first-order chi connectivity index (χ1) is 8.29. The lowest BCUT2D eigenvalue weighted by Crippen LogP contribution is -2.49. The molecule has 0 saturated heterocycles. The molecule has 0 unspecified atom stereocenters. The van der Waals surface area contributed by atoms with Gasteiger partial charge in [-0.1, -0.05) is 27.7 Å². The number of carbonyl (C=O) groups excluding carboxylic acids is 2. The second kappa shape index (κ2) is 8.08. The maximum atomic E-state index is 12.2. The average molecular weight is 258 g/mol. The highest BCUT2D eigenvalue weighted by Gasteiger charge is 2.26. The normalized spacial score (nSPS) is 12.7. The van der Waals surface area contributed by atoms with E-state index in [-0.39, 0.29) is 30.3 Å². The Labute approximate surface area is 110 Å². The summed E-state index contributed by atoms with van der Waals surface area (Å²) in [5.41, 5.74) is 5.84. The van der Waals surface area contributed by atoms with Gasteiger partial charge in [0.2, 0.25) is 5.91 Å². The van der Waals surface area contributed by atoms with Crippen molar-refractivity contribution in [1.82, 2.24) is 4.90 Å².